The molecule has 2 aliphatic heterocycles. The standard InChI is InChI=1S/C64H69FN4O3S2/c1-3-58(67-72-2)61-57(48-35-37-55(65)38-36-48)45-56-46-59(70)62(61)69(56)41-22-40-68(42-44-74-64(52-29-16-7-17-30-52,53-31-18-8-19-32-53)54-33-20-9-21-34-54)47-60(71)66-39-43-73-63(49-23-10-4-11-24-49,50-25-12-5-13-26-50)51-27-14-6-15-28-51/h4-21,23-38,56-57,59,61-62,70H,3,22,39-47H2,1-2H3,(H,66,71)/b67-58+/t56?,57-,59+,61+,62?/m0/s1. The van der Waals surface area contributed by atoms with E-state index in [1.54, 1.807) is 7.11 Å². The smallest absolute Gasteiger partial charge is 0.234 e. The number of nitrogens with zero attached hydrogens (tertiary/aromatic N) is 3. The quantitative estimate of drug-likeness (QED) is 0.0270. The van der Waals surface area contributed by atoms with E-state index in [1.165, 1.54) is 45.5 Å². The Morgan fingerprint density at radius 2 is 1.11 bits per heavy atom. The van der Waals surface area contributed by atoms with Gasteiger partial charge in [0.15, 0.2) is 0 Å². The fourth-order valence-corrected chi connectivity index (χ4v) is 14.9. The van der Waals surface area contributed by atoms with Gasteiger partial charge in [-0.2, -0.15) is 0 Å². The summed E-state index contributed by atoms with van der Waals surface area (Å²) >= 11 is 3.77. The molecule has 5 atom stereocenters. The Morgan fingerprint density at radius 1 is 0.662 bits per heavy atom. The third-order valence-electron chi connectivity index (χ3n) is 15.1. The van der Waals surface area contributed by atoms with Crippen LogP contribution in [0.25, 0.3) is 0 Å². The number of amides is 1. The first kappa shape index (κ1) is 52.8. The van der Waals surface area contributed by atoms with Crippen LogP contribution in [0.4, 0.5) is 4.39 Å². The van der Waals surface area contributed by atoms with Gasteiger partial charge in [-0.3, -0.25) is 14.6 Å². The van der Waals surface area contributed by atoms with Crippen molar-refractivity contribution in [2.24, 2.45) is 11.1 Å². The molecule has 2 bridgehead atoms. The van der Waals surface area contributed by atoms with Crippen LogP contribution in [0.15, 0.2) is 211 Å². The Kier molecular flexibility index (Phi) is 18.2. The second-order valence-corrected chi connectivity index (χ2v) is 22.1. The van der Waals surface area contributed by atoms with Crippen molar-refractivity contribution in [1.82, 2.24) is 15.1 Å². The van der Waals surface area contributed by atoms with E-state index in [2.05, 4.69) is 209 Å². The van der Waals surface area contributed by atoms with Crippen LogP contribution in [0, 0.1) is 11.7 Å². The number of aliphatic hydroxyl groups is 1. The zero-order valence-corrected chi connectivity index (χ0v) is 44.2. The van der Waals surface area contributed by atoms with E-state index >= 15 is 0 Å². The molecule has 7 nitrogen and oxygen atoms in total. The molecule has 2 aliphatic rings. The molecule has 2 fully saturated rings. The highest BCUT2D eigenvalue weighted by atomic mass is 32.2. The van der Waals surface area contributed by atoms with Crippen molar-refractivity contribution in [2.75, 3.05) is 51.3 Å². The number of oxime groups is 1. The largest absolute Gasteiger partial charge is 0.399 e. The highest BCUT2D eigenvalue weighted by molar-refractivity contribution is 8.00. The fourth-order valence-electron chi connectivity index (χ4n) is 11.9. The number of piperidine rings is 1. The summed E-state index contributed by atoms with van der Waals surface area (Å²) in [5, 5.41) is 19.7. The summed E-state index contributed by atoms with van der Waals surface area (Å²) in [6, 6.07) is 71.3. The van der Waals surface area contributed by atoms with Crippen molar-refractivity contribution in [3.8, 4) is 0 Å². The van der Waals surface area contributed by atoms with E-state index in [9.17, 15) is 14.3 Å². The summed E-state index contributed by atoms with van der Waals surface area (Å²) in [4.78, 5) is 24.6. The number of carbonyl (C=O) groups is 1. The number of hydrogen-bond acceptors (Lipinski definition) is 8. The fraction of sp³-hybridized carbons (Fsp3) is 0.312. The van der Waals surface area contributed by atoms with Gasteiger partial charge in [-0.1, -0.05) is 206 Å². The molecule has 7 aromatic carbocycles. The lowest BCUT2D eigenvalue weighted by Crippen LogP contribution is -2.53. The molecule has 2 saturated heterocycles. The minimum absolute atomic E-state index is 0.000178. The summed E-state index contributed by atoms with van der Waals surface area (Å²) in [5.41, 5.74) is 9.18. The van der Waals surface area contributed by atoms with Crippen molar-refractivity contribution < 1.29 is 19.1 Å². The maximum atomic E-state index is 14.4. The highest BCUT2D eigenvalue weighted by Crippen LogP contribution is 2.51. The average Bonchev–Trinajstić information content (AvgIpc) is 3.67. The van der Waals surface area contributed by atoms with Gasteiger partial charge in [0.2, 0.25) is 5.91 Å². The topological polar surface area (TPSA) is 77.4 Å². The Hall–Kier alpha value is -6.01. The van der Waals surface area contributed by atoms with Gasteiger partial charge in [-0.25, -0.2) is 4.39 Å². The van der Waals surface area contributed by atoms with E-state index in [0.29, 0.717) is 38.2 Å². The summed E-state index contributed by atoms with van der Waals surface area (Å²) in [7, 11) is 1.58. The van der Waals surface area contributed by atoms with Crippen LogP contribution in [-0.4, -0.2) is 96.1 Å². The lowest BCUT2D eigenvalue weighted by molar-refractivity contribution is -0.122. The summed E-state index contributed by atoms with van der Waals surface area (Å²) in [5.74, 6) is 1.17. The number of carbonyl (C=O) groups excluding carboxylic acids is 1. The second-order valence-electron chi connectivity index (χ2n) is 19.5. The van der Waals surface area contributed by atoms with Crippen LogP contribution in [0.1, 0.15) is 77.5 Å². The maximum absolute atomic E-state index is 14.4. The number of benzene rings is 7. The van der Waals surface area contributed by atoms with E-state index < -0.39 is 15.6 Å². The van der Waals surface area contributed by atoms with Crippen LogP contribution >= 0.6 is 23.5 Å². The number of rotatable bonds is 24. The number of halogens is 1. The minimum atomic E-state index is -0.535. The molecule has 0 aromatic heterocycles. The molecule has 9 rings (SSSR count). The normalized spacial score (nSPS) is 19.1. The van der Waals surface area contributed by atoms with Crippen LogP contribution in [0.5, 0.6) is 0 Å². The van der Waals surface area contributed by atoms with E-state index in [-0.39, 0.29) is 42.2 Å². The van der Waals surface area contributed by atoms with E-state index in [4.69, 9.17) is 4.84 Å². The maximum Gasteiger partial charge on any atom is 0.234 e. The Labute approximate surface area is 446 Å². The highest BCUT2D eigenvalue weighted by Gasteiger charge is 2.53. The average molecular weight is 1030 g/mol. The van der Waals surface area contributed by atoms with Crippen LogP contribution in [-0.2, 0) is 19.1 Å². The van der Waals surface area contributed by atoms with Gasteiger partial charge in [-0.15, -0.1) is 23.5 Å². The number of thioether (sulfide) groups is 2. The van der Waals surface area contributed by atoms with Gasteiger partial charge in [0.05, 0.1) is 27.9 Å². The molecule has 0 aliphatic carbocycles. The summed E-state index contributed by atoms with van der Waals surface area (Å²) in [6.45, 7) is 4.99. The Morgan fingerprint density at radius 3 is 1.54 bits per heavy atom. The number of nitrogens with one attached hydrogen (secondary N) is 1. The van der Waals surface area contributed by atoms with Gasteiger partial charge in [0.25, 0.3) is 0 Å². The van der Waals surface area contributed by atoms with Crippen LogP contribution < -0.4 is 5.32 Å². The van der Waals surface area contributed by atoms with Gasteiger partial charge in [0.1, 0.15) is 12.9 Å². The van der Waals surface area contributed by atoms with Crippen molar-refractivity contribution in [3.05, 3.63) is 251 Å². The van der Waals surface area contributed by atoms with Gasteiger partial charge < -0.3 is 15.3 Å². The SMILES string of the molecule is CC/C(=N\OC)[C@@H]1C2[C@H](O)CC(C[C@H]1c1ccc(F)cc1)N2CCCN(CCSC(c1ccccc1)(c1ccccc1)c1ccccc1)CC(=O)NCCSC(c1ccccc1)(c1ccccc1)c1ccccc1. The monoisotopic (exact) mass is 1020 g/mol. The first-order chi connectivity index (χ1) is 36.3. The van der Waals surface area contributed by atoms with Crippen molar-refractivity contribution in [1.29, 1.82) is 0 Å². The molecular formula is C64H69FN4O3S2. The van der Waals surface area contributed by atoms with Gasteiger partial charge >= 0.3 is 0 Å². The molecule has 74 heavy (non-hydrogen) atoms. The van der Waals surface area contributed by atoms with E-state index in [1.807, 2.05) is 35.7 Å². The molecule has 7 aromatic rings. The third-order valence-corrected chi connectivity index (χ3v) is 18.2. The molecule has 2 unspecified atom stereocenters. The molecule has 2 N–H and O–H groups in total. The lowest BCUT2D eigenvalue weighted by atomic mass is 9.72. The van der Waals surface area contributed by atoms with Gasteiger partial charge in [-0.05, 0) is 89.2 Å². The Bertz CT molecular complexity index is 2640. The zero-order valence-electron chi connectivity index (χ0n) is 42.6. The number of hydrogen-bond donors (Lipinski definition) is 2. The molecule has 10 heteroatoms. The lowest BCUT2D eigenvalue weighted by Gasteiger charge is -2.45. The summed E-state index contributed by atoms with van der Waals surface area (Å²) < 4.78 is 13.2. The van der Waals surface area contributed by atoms with Crippen molar-refractivity contribution in [3.63, 3.8) is 0 Å². The molecular weight excluding hydrogens is 956 g/mol. The third kappa shape index (κ3) is 11.8. The number of aliphatic hydroxyl groups excluding tert-OH is 1. The van der Waals surface area contributed by atoms with Crippen LogP contribution in [0.3, 0.4) is 0 Å². The zero-order chi connectivity index (χ0) is 51.2. The second kappa shape index (κ2) is 25.5. The van der Waals surface area contributed by atoms with Gasteiger partial charge in [0, 0.05) is 49.1 Å². The molecule has 2 heterocycles. The van der Waals surface area contributed by atoms with Crippen molar-refractivity contribution in [2.45, 2.75) is 66.2 Å². The first-order valence-electron chi connectivity index (χ1n) is 26.2. The van der Waals surface area contributed by atoms with E-state index in [0.717, 1.165) is 36.4 Å². The molecule has 0 spiro atoms. The van der Waals surface area contributed by atoms with Crippen molar-refractivity contribution >= 4 is 35.1 Å². The molecule has 1 amide bonds. The van der Waals surface area contributed by atoms with Crippen LogP contribution in [0.2, 0.25) is 0 Å². The Balaban J connectivity index is 0.953. The predicted molar refractivity (Wildman–Crippen MR) is 304 cm³/mol. The first-order valence-corrected chi connectivity index (χ1v) is 28.2. The molecule has 0 radical (unpaired) electrons. The minimum Gasteiger partial charge on any atom is -0.399 e. The molecule has 0 saturated carbocycles. The molecule has 382 valence electrons. The number of fused-ring (bicyclic) bond motifs is 2. The predicted octanol–water partition coefficient (Wildman–Crippen LogP) is 12.4. The summed E-state index contributed by atoms with van der Waals surface area (Å²) in [6.07, 6.45) is 2.45.